The molecule has 1 aromatic heterocycles. The number of benzene rings is 1. The molecule has 0 saturated heterocycles. The molecule has 0 unspecified atom stereocenters. The van der Waals surface area contributed by atoms with E-state index in [0.29, 0.717) is 17.6 Å². The topological polar surface area (TPSA) is 81.4 Å². The number of halogens is 3. The fourth-order valence-corrected chi connectivity index (χ4v) is 2.91. The number of hydrogen-bond acceptors (Lipinski definition) is 6. The van der Waals surface area contributed by atoms with Crippen molar-refractivity contribution in [2.45, 2.75) is 19.6 Å². The predicted molar refractivity (Wildman–Crippen MR) is 88.0 cm³/mol. The van der Waals surface area contributed by atoms with E-state index in [1.54, 1.807) is 13.8 Å². The zero-order chi connectivity index (χ0) is 19.3. The van der Waals surface area contributed by atoms with Crippen LogP contribution < -0.4 is 5.32 Å². The Hall–Kier alpha value is -2.49. The standard InChI is InChI=1S/C16H15F3N2O4S/c1-8-10(9(2)25-21-8)6-26-7-14(23)24-5-13(22)20-12-4-3-11(17)15(18)16(12)19/h3-4H,5-7H2,1-2H3,(H,20,22). The Labute approximate surface area is 151 Å². The summed E-state index contributed by atoms with van der Waals surface area (Å²) in [6.07, 6.45) is 0. The molecule has 140 valence electrons. The monoisotopic (exact) mass is 388 g/mol. The molecule has 1 heterocycles. The normalized spacial score (nSPS) is 10.7. The highest BCUT2D eigenvalue weighted by atomic mass is 32.2. The number of amides is 1. The van der Waals surface area contributed by atoms with Crippen molar-refractivity contribution < 1.29 is 32.0 Å². The fourth-order valence-electron chi connectivity index (χ4n) is 1.94. The highest BCUT2D eigenvalue weighted by Crippen LogP contribution is 2.20. The maximum atomic E-state index is 13.4. The Morgan fingerprint density at radius 2 is 1.96 bits per heavy atom. The summed E-state index contributed by atoms with van der Waals surface area (Å²) in [5, 5.41) is 5.80. The summed E-state index contributed by atoms with van der Waals surface area (Å²) < 4.78 is 49.1. The van der Waals surface area contributed by atoms with E-state index in [2.05, 4.69) is 5.16 Å². The number of nitrogens with zero attached hydrogens (tertiary/aromatic N) is 1. The number of anilines is 1. The Morgan fingerprint density at radius 3 is 2.62 bits per heavy atom. The number of rotatable bonds is 7. The van der Waals surface area contributed by atoms with Gasteiger partial charge in [0.05, 0.1) is 17.1 Å². The van der Waals surface area contributed by atoms with Crippen molar-refractivity contribution in [3.05, 3.63) is 46.6 Å². The Morgan fingerprint density at radius 1 is 1.23 bits per heavy atom. The molecule has 0 atom stereocenters. The molecule has 0 radical (unpaired) electrons. The van der Waals surface area contributed by atoms with Gasteiger partial charge in [-0.15, -0.1) is 11.8 Å². The van der Waals surface area contributed by atoms with Crippen LogP contribution in [0, 0.1) is 31.3 Å². The second kappa shape index (κ2) is 8.75. The van der Waals surface area contributed by atoms with Gasteiger partial charge in [-0.2, -0.15) is 0 Å². The summed E-state index contributed by atoms with van der Waals surface area (Å²) >= 11 is 1.25. The van der Waals surface area contributed by atoms with Gasteiger partial charge in [0.1, 0.15) is 5.76 Å². The Bertz CT molecular complexity index is 807. The van der Waals surface area contributed by atoms with E-state index in [4.69, 9.17) is 9.26 Å². The van der Waals surface area contributed by atoms with Gasteiger partial charge in [0.25, 0.3) is 5.91 Å². The van der Waals surface area contributed by atoms with Crippen LogP contribution in [0.15, 0.2) is 16.7 Å². The quantitative estimate of drug-likeness (QED) is 0.580. The highest BCUT2D eigenvalue weighted by Gasteiger charge is 2.16. The number of aromatic nitrogens is 1. The Kier molecular flexibility index (Phi) is 6.67. The molecule has 0 bridgehead atoms. The van der Waals surface area contributed by atoms with Crippen LogP contribution in [0.5, 0.6) is 0 Å². The average molecular weight is 388 g/mol. The van der Waals surface area contributed by atoms with Gasteiger partial charge in [0, 0.05) is 11.3 Å². The van der Waals surface area contributed by atoms with E-state index < -0.39 is 41.6 Å². The lowest BCUT2D eigenvalue weighted by Gasteiger charge is -2.08. The number of aryl methyl sites for hydroxylation is 2. The second-order valence-corrected chi connectivity index (χ2v) is 6.21. The molecule has 2 rings (SSSR count). The number of carbonyl (C=O) groups excluding carboxylic acids is 2. The highest BCUT2D eigenvalue weighted by molar-refractivity contribution is 7.99. The van der Waals surface area contributed by atoms with Crippen LogP contribution in [-0.2, 0) is 20.1 Å². The molecule has 6 nitrogen and oxygen atoms in total. The first kappa shape index (κ1) is 19.8. The minimum Gasteiger partial charge on any atom is -0.455 e. The van der Waals surface area contributed by atoms with Gasteiger partial charge in [-0.3, -0.25) is 9.59 Å². The van der Waals surface area contributed by atoms with E-state index >= 15 is 0 Å². The third kappa shape index (κ3) is 5.01. The summed E-state index contributed by atoms with van der Waals surface area (Å²) in [5.74, 6) is -4.99. The van der Waals surface area contributed by atoms with Gasteiger partial charge in [-0.1, -0.05) is 5.16 Å². The maximum Gasteiger partial charge on any atom is 0.316 e. The SMILES string of the molecule is Cc1noc(C)c1CSCC(=O)OCC(=O)Nc1ccc(F)c(F)c1F. The molecule has 26 heavy (non-hydrogen) atoms. The lowest BCUT2D eigenvalue weighted by molar-refractivity contribution is -0.144. The zero-order valence-corrected chi connectivity index (χ0v) is 14.7. The third-order valence-corrected chi connectivity index (χ3v) is 4.25. The van der Waals surface area contributed by atoms with Crippen molar-refractivity contribution in [2.75, 3.05) is 17.7 Å². The number of nitrogens with one attached hydrogen (secondary N) is 1. The van der Waals surface area contributed by atoms with Crippen LogP contribution >= 0.6 is 11.8 Å². The van der Waals surface area contributed by atoms with Crippen LogP contribution in [-0.4, -0.2) is 29.4 Å². The second-order valence-electron chi connectivity index (χ2n) is 5.23. The van der Waals surface area contributed by atoms with Crippen LogP contribution in [0.25, 0.3) is 0 Å². The molecule has 10 heteroatoms. The molecule has 0 aliphatic heterocycles. The van der Waals surface area contributed by atoms with Crippen LogP contribution in [0.4, 0.5) is 18.9 Å². The molecule has 1 N–H and O–H groups in total. The van der Waals surface area contributed by atoms with Gasteiger partial charge < -0.3 is 14.6 Å². The van der Waals surface area contributed by atoms with Gasteiger partial charge in [-0.05, 0) is 26.0 Å². The van der Waals surface area contributed by atoms with E-state index in [9.17, 15) is 22.8 Å². The molecular weight excluding hydrogens is 373 g/mol. The average Bonchev–Trinajstić information content (AvgIpc) is 2.92. The van der Waals surface area contributed by atoms with Crippen LogP contribution in [0.1, 0.15) is 17.0 Å². The van der Waals surface area contributed by atoms with E-state index in [-0.39, 0.29) is 5.75 Å². The summed E-state index contributed by atoms with van der Waals surface area (Å²) in [6, 6.07) is 1.54. The first-order valence-electron chi connectivity index (χ1n) is 7.38. The molecule has 0 aliphatic rings. The van der Waals surface area contributed by atoms with Crippen molar-refractivity contribution in [3.63, 3.8) is 0 Å². The van der Waals surface area contributed by atoms with Crippen molar-refractivity contribution in [3.8, 4) is 0 Å². The summed E-state index contributed by atoms with van der Waals surface area (Å²) in [4.78, 5) is 23.2. The smallest absolute Gasteiger partial charge is 0.316 e. The zero-order valence-electron chi connectivity index (χ0n) is 13.9. The molecule has 1 amide bonds. The largest absolute Gasteiger partial charge is 0.455 e. The molecule has 1 aromatic carbocycles. The number of esters is 1. The van der Waals surface area contributed by atoms with Crippen molar-refractivity contribution >= 4 is 29.3 Å². The number of carbonyl (C=O) groups is 2. The van der Waals surface area contributed by atoms with Gasteiger partial charge in [0.15, 0.2) is 24.1 Å². The van der Waals surface area contributed by atoms with E-state index in [1.807, 2.05) is 5.32 Å². The molecule has 0 spiro atoms. The number of ether oxygens (including phenoxy) is 1. The summed E-state index contributed by atoms with van der Waals surface area (Å²) in [7, 11) is 0. The lowest BCUT2D eigenvalue weighted by Crippen LogP contribution is -2.22. The van der Waals surface area contributed by atoms with Crippen molar-refractivity contribution in [1.29, 1.82) is 0 Å². The predicted octanol–water partition coefficient (Wildman–Crippen LogP) is 3.12. The first-order valence-corrected chi connectivity index (χ1v) is 8.53. The van der Waals surface area contributed by atoms with Crippen LogP contribution in [0.3, 0.4) is 0 Å². The maximum absolute atomic E-state index is 13.4. The summed E-state index contributed by atoms with van der Waals surface area (Å²) in [6.45, 7) is 2.87. The van der Waals surface area contributed by atoms with Crippen molar-refractivity contribution in [2.24, 2.45) is 0 Å². The molecular formula is C16H15F3N2O4S. The minimum absolute atomic E-state index is 0.0170. The molecule has 0 aliphatic carbocycles. The van der Waals surface area contributed by atoms with Gasteiger partial charge in [-0.25, -0.2) is 13.2 Å². The fraction of sp³-hybridized carbons (Fsp3) is 0.312. The van der Waals surface area contributed by atoms with E-state index in [1.165, 1.54) is 11.8 Å². The number of thioether (sulfide) groups is 1. The van der Waals surface area contributed by atoms with Crippen molar-refractivity contribution in [1.82, 2.24) is 5.16 Å². The number of hydrogen-bond donors (Lipinski definition) is 1. The Balaban J connectivity index is 1.75. The minimum atomic E-state index is -1.70. The summed E-state index contributed by atoms with van der Waals surface area (Å²) in [5.41, 5.74) is 1.07. The van der Waals surface area contributed by atoms with Gasteiger partial charge in [0.2, 0.25) is 0 Å². The first-order chi connectivity index (χ1) is 12.3. The molecule has 0 fully saturated rings. The lowest BCUT2D eigenvalue weighted by atomic mass is 10.2. The van der Waals surface area contributed by atoms with Gasteiger partial charge >= 0.3 is 5.97 Å². The van der Waals surface area contributed by atoms with E-state index in [0.717, 1.165) is 17.3 Å². The molecule has 0 saturated carbocycles. The molecule has 2 aromatic rings. The third-order valence-electron chi connectivity index (χ3n) is 3.32. The van der Waals surface area contributed by atoms with Crippen LogP contribution in [0.2, 0.25) is 0 Å².